The van der Waals surface area contributed by atoms with E-state index in [4.69, 9.17) is 9.47 Å². The summed E-state index contributed by atoms with van der Waals surface area (Å²) in [5, 5.41) is 0. The molecule has 0 N–H and O–H groups in total. The van der Waals surface area contributed by atoms with Gasteiger partial charge in [0.05, 0.1) is 0 Å². The molecule has 1 aromatic carbocycles. The molecule has 0 spiro atoms. The lowest BCUT2D eigenvalue weighted by Gasteiger charge is -2.35. The Kier molecular flexibility index (Phi) is 12.6. The van der Waals surface area contributed by atoms with E-state index in [1.54, 1.807) is 26.4 Å². The molecule has 0 bridgehead atoms. The molecule has 0 saturated carbocycles. The van der Waals surface area contributed by atoms with Gasteiger partial charge in [0.2, 0.25) is 0 Å². The molecule has 1 rings (SSSR count). The van der Waals surface area contributed by atoms with E-state index in [0.717, 1.165) is 19.3 Å². The van der Waals surface area contributed by atoms with Crippen LogP contribution in [0.25, 0.3) is 0 Å². The van der Waals surface area contributed by atoms with E-state index in [1.165, 1.54) is 63.4 Å². The number of hydrogen-bond donors (Lipinski definition) is 0. The van der Waals surface area contributed by atoms with Crippen molar-refractivity contribution in [3.63, 3.8) is 0 Å². The van der Waals surface area contributed by atoms with Crippen LogP contribution in [-0.2, 0) is 15.9 Å². The summed E-state index contributed by atoms with van der Waals surface area (Å²) in [6, 6.07) is 6.89. The van der Waals surface area contributed by atoms with Crippen molar-refractivity contribution in [1.29, 1.82) is 0 Å². The van der Waals surface area contributed by atoms with Crippen LogP contribution in [0.2, 0.25) is 0 Å². The lowest BCUT2D eigenvalue weighted by molar-refractivity contribution is -0.230. The van der Waals surface area contributed by atoms with E-state index >= 15 is 0 Å². The standard InChI is InChI=1S/C24H41FO2/c1-5-6-7-8-9-12-15-22(24(2,26-3)27-4)16-13-10-11-14-21-17-19-23(25)20-18-21/h17-20,22H,5-16H2,1-4H3. The summed E-state index contributed by atoms with van der Waals surface area (Å²) in [5.41, 5.74) is 1.22. The molecule has 0 aliphatic rings. The van der Waals surface area contributed by atoms with Crippen molar-refractivity contribution < 1.29 is 13.9 Å². The molecule has 0 radical (unpaired) electrons. The summed E-state index contributed by atoms with van der Waals surface area (Å²) in [6.07, 6.45) is 14.8. The molecule has 2 nitrogen and oxygen atoms in total. The molecule has 0 aliphatic carbocycles. The van der Waals surface area contributed by atoms with Crippen molar-refractivity contribution in [2.75, 3.05) is 14.2 Å². The Bertz CT molecular complexity index is 468. The second-order valence-corrected chi connectivity index (χ2v) is 7.90. The fraction of sp³-hybridized carbons (Fsp3) is 0.750. The summed E-state index contributed by atoms with van der Waals surface area (Å²) in [7, 11) is 3.51. The number of rotatable bonds is 16. The molecule has 0 amide bonds. The fourth-order valence-corrected chi connectivity index (χ4v) is 3.80. The summed E-state index contributed by atoms with van der Waals surface area (Å²) in [4.78, 5) is 0. The maximum absolute atomic E-state index is 13.0. The quantitative estimate of drug-likeness (QED) is 0.221. The lowest BCUT2D eigenvalue weighted by Crippen LogP contribution is -2.39. The predicted molar refractivity (Wildman–Crippen MR) is 112 cm³/mol. The van der Waals surface area contributed by atoms with Crippen molar-refractivity contribution >= 4 is 0 Å². The van der Waals surface area contributed by atoms with Gasteiger partial charge >= 0.3 is 0 Å². The van der Waals surface area contributed by atoms with Crippen molar-refractivity contribution in [3.05, 3.63) is 35.6 Å². The van der Waals surface area contributed by atoms with E-state index in [-0.39, 0.29) is 5.82 Å². The monoisotopic (exact) mass is 380 g/mol. The van der Waals surface area contributed by atoms with E-state index in [2.05, 4.69) is 13.8 Å². The highest BCUT2D eigenvalue weighted by atomic mass is 19.1. The maximum atomic E-state index is 13.0. The average molecular weight is 381 g/mol. The number of hydrogen-bond acceptors (Lipinski definition) is 2. The van der Waals surface area contributed by atoms with Gasteiger partial charge in [0, 0.05) is 20.1 Å². The number of ether oxygens (including phenoxy) is 2. The van der Waals surface area contributed by atoms with Crippen LogP contribution in [0.1, 0.15) is 90.0 Å². The van der Waals surface area contributed by atoms with Gasteiger partial charge in [-0.3, -0.25) is 0 Å². The van der Waals surface area contributed by atoms with Gasteiger partial charge in [0.25, 0.3) is 0 Å². The van der Waals surface area contributed by atoms with Gasteiger partial charge in [0.1, 0.15) is 5.82 Å². The third-order valence-corrected chi connectivity index (χ3v) is 5.89. The van der Waals surface area contributed by atoms with Crippen LogP contribution in [0.5, 0.6) is 0 Å². The third-order valence-electron chi connectivity index (χ3n) is 5.89. The van der Waals surface area contributed by atoms with Gasteiger partial charge < -0.3 is 9.47 Å². The van der Waals surface area contributed by atoms with Crippen LogP contribution < -0.4 is 0 Å². The maximum Gasteiger partial charge on any atom is 0.167 e. The predicted octanol–water partition coefficient (Wildman–Crippen LogP) is 7.30. The van der Waals surface area contributed by atoms with E-state index in [1.807, 2.05) is 12.1 Å². The normalized spacial score (nSPS) is 13.1. The van der Waals surface area contributed by atoms with Crippen LogP contribution in [0.15, 0.2) is 24.3 Å². The Hall–Kier alpha value is -0.930. The zero-order valence-electron chi connectivity index (χ0n) is 18.1. The van der Waals surface area contributed by atoms with Crippen molar-refractivity contribution in [2.24, 2.45) is 5.92 Å². The van der Waals surface area contributed by atoms with Crippen molar-refractivity contribution in [2.45, 2.75) is 96.7 Å². The van der Waals surface area contributed by atoms with Gasteiger partial charge in [-0.15, -0.1) is 0 Å². The van der Waals surface area contributed by atoms with Crippen LogP contribution >= 0.6 is 0 Å². The van der Waals surface area contributed by atoms with Crippen LogP contribution in [-0.4, -0.2) is 20.0 Å². The van der Waals surface area contributed by atoms with Gasteiger partial charge in [-0.25, -0.2) is 4.39 Å². The molecule has 156 valence electrons. The Labute approximate surface area is 166 Å². The Morgan fingerprint density at radius 2 is 1.33 bits per heavy atom. The first-order chi connectivity index (χ1) is 13.1. The van der Waals surface area contributed by atoms with Crippen LogP contribution in [0.4, 0.5) is 4.39 Å². The second-order valence-electron chi connectivity index (χ2n) is 7.90. The highest BCUT2D eigenvalue weighted by molar-refractivity contribution is 5.15. The molecule has 1 aromatic rings. The summed E-state index contributed by atoms with van der Waals surface area (Å²) in [5.74, 6) is -0.209. The summed E-state index contributed by atoms with van der Waals surface area (Å²) in [6.45, 7) is 4.34. The smallest absolute Gasteiger partial charge is 0.167 e. The zero-order valence-corrected chi connectivity index (χ0v) is 18.1. The number of methoxy groups -OCH3 is 2. The fourth-order valence-electron chi connectivity index (χ4n) is 3.80. The minimum absolute atomic E-state index is 0.158. The van der Waals surface area contributed by atoms with E-state index in [0.29, 0.717) is 5.92 Å². The van der Waals surface area contributed by atoms with Crippen molar-refractivity contribution in [3.8, 4) is 0 Å². The molecule has 0 aliphatic heterocycles. The molecular formula is C24H41FO2. The molecule has 3 heteroatoms. The van der Waals surface area contributed by atoms with Gasteiger partial charge in [-0.05, 0) is 50.3 Å². The topological polar surface area (TPSA) is 18.5 Å². The molecular weight excluding hydrogens is 339 g/mol. The number of halogens is 1. The first-order valence-electron chi connectivity index (χ1n) is 10.9. The van der Waals surface area contributed by atoms with Crippen LogP contribution in [0.3, 0.4) is 0 Å². The largest absolute Gasteiger partial charge is 0.353 e. The summed E-state index contributed by atoms with van der Waals surface area (Å²) < 4.78 is 24.4. The van der Waals surface area contributed by atoms with Crippen LogP contribution in [0, 0.1) is 11.7 Å². The molecule has 1 unspecified atom stereocenters. The highest BCUT2D eigenvalue weighted by Gasteiger charge is 2.33. The molecule has 0 aromatic heterocycles. The Morgan fingerprint density at radius 3 is 1.89 bits per heavy atom. The summed E-state index contributed by atoms with van der Waals surface area (Å²) >= 11 is 0. The van der Waals surface area contributed by atoms with Crippen molar-refractivity contribution in [1.82, 2.24) is 0 Å². The third kappa shape index (κ3) is 9.71. The minimum Gasteiger partial charge on any atom is -0.353 e. The highest BCUT2D eigenvalue weighted by Crippen LogP contribution is 2.32. The molecule has 0 saturated heterocycles. The average Bonchev–Trinajstić information content (AvgIpc) is 2.69. The van der Waals surface area contributed by atoms with Gasteiger partial charge in [-0.2, -0.15) is 0 Å². The first-order valence-corrected chi connectivity index (χ1v) is 10.9. The van der Waals surface area contributed by atoms with E-state index < -0.39 is 5.79 Å². The SMILES string of the molecule is CCCCCCCCC(CCCCCc1ccc(F)cc1)C(C)(OC)OC. The number of benzene rings is 1. The van der Waals surface area contributed by atoms with E-state index in [9.17, 15) is 4.39 Å². The lowest BCUT2D eigenvalue weighted by atomic mass is 9.87. The number of aryl methyl sites for hydroxylation is 1. The zero-order chi connectivity index (χ0) is 20.0. The molecule has 0 fully saturated rings. The second kappa shape index (κ2) is 14.1. The molecule has 27 heavy (non-hydrogen) atoms. The first kappa shape index (κ1) is 24.1. The Morgan fingerprint density at radius 1 is 0.815 bits per heavy atom. The minimum atomic E-state index is -0.486. The van der Waals surface area contributed by atoms with Gasteiger partial charge in [0.15, 0.2) is 5.79 Å². The Balaban J connectivity index is 2.33. The molecule has 1 atom stereocenters. The van der Waals surface area contributed by atoms with Gasteiger partial charge in [-0.1, -0.05) is 70.4 Å². The number of unbranched alkanes of at least 4 members (excludes halogenated alkanes) is 7. The molecule has 0 heterocycles.